The number of anilines is 2. The molecule has 0 unspecified atom stereocenters. The Balaban J connectivity index is 2.37. The number of sulfonamides is 1. The molecule has 1 aromatic carbocycles. The van der Waals surface area contributed by atoms with Crippen molar-refractivity contribution in [2.45, 2.75) is 25.2 Å². The van der Waals surface area contributed by atoms with Gasteiger partial charge >= 0.3 is 0 Å². The van der Waals surface area contributed by atoms with Crippen LogP contribution in [-0.2, 0) is 23.5 Å². The first-order chi connectivity index (χ1) is 9.33. The molecule has 7 heteroatoms. The highest BCUT2D eigenvalue weighted by molar-refractivity contribution is 7.92. The Morgan fingerprint density at radius 3 is 2.70 bits per heavy atom. The number of nitrogen functional groups attached to an aromatic ring is 1. The molecular formula is C13H18N4O2S. The molecule has 20 heavy (non-hydrogen) atoms. The fourth-order valence-corrected chi connectivity index (χ4v) is 2.98. The molecule has 0 amide bonds. The molecule has 2 aromatic rings. The van der Waals surface area contributed by atoms with Gasteiger partial charge in [-0.25, -0.2) is 8.42 Å². The van der Waals surface area contributed by atoms with Gasteiger partial charge in [-0.15, -0.1) is 0 Å². The number of aryl methyl sites for hydroxylation is 3. The molecule has 0 radical (unpaired) electrons. The number of hydrogen-bond acceptors (Lipinski definition) is 4. The Morgan fingerprint density at radius 2 is 2.10 bits per heavy atom. The van der Waals surface area contributed by atoms with Crippen molar-refractivity contribution >= 4 is 21.4 Å². The summed E-state index contributed by atoms with van der Waals surface area (Å²) in [5.41, 5.74) is 8.26. The van der Waals surface area contributed by atoms with E-state index in [2.05, 4.69) is 9.82 Å². The Bertz CT molecular complexity index is 735. The zero-order chi connectivity index (χ0) is 14.9. The summed E-state index contributed by atoms with van der Waals surface area (Å²) in [6.07, 6.45) is 2.29. The second kappa shape index (κ2) is 5.16. The lowest BCUT2D eigenvalue weighted by Gasteiger charge is -2.09. The fraction of sp³-hybridized carbons (Fsp3) is 0.308. The molecular weight excluding hydrogens is 276 g/mol. The quantitative estimate of drug-likeness (QED) is 0.839. The average Bonchev–Trinajstić information content (AvgIpc) is 2.72. The normalized spacial score (nSPS) is 11.6. The molecule has 0 bridgehead atoms. The van der Waals surface area contributed by atoms with Crippen LogP contribution in [0.5, 0.6) is 0 Å². The molecule has 0 fully saturated rings. The van der Waals surface area contributed by atoms with E-state index < -0.39 is 10.0 Å². The van der Waals surface area contributed by atoms with Crippen molar-refractivity contribution in [3.63, 3.8) is 0 Å². The van der Waals surface area contributed by atoms with Crippen molar-refractivity contribution in [1.82, 2.24) is 9.78 Å². The molecule has 108 valence electrons. The summed E-state index contributed by atoms with van der Waals surface area (Å²) >= 11 is 0. The van der Waals surface area contributed by atoms with Crippen molar-refractivity contribution in [1.29, 1.82) is 0 Å². The van der Waals surface area contributed by atoms with Gasteiger partial charge < -0.3 is 5.73 Å². The maximum atomic E-state index is 12.3. The number of nitrogens with two attached hydrogens (primary N) is 1. The van der Waals surface area contributed by atoms with Crippen LogP contribution in [0.15, 0.2) is 29.3 Å². The van der Waals surface area contributed by atoms with Crippen molar-refractivity contribution in [2.75, 3.05) is 10.5 Å². The van der Waals surface area contributed by atoms with E-state index in [1.54, 1.807) is 24.0 Å². The lowest BCUT2D eigenvalue weighted by molar-refractivity contribution is 0.601. The zero-order valence-electron chi connectivity index (χ0n) is 11.7. The third-order valence-corrected chi connectivity index (χ3v) is 4.41. The largest absolute Gasteiger partial charge is 0.398 e. The van der Waals surface area contributed by atoms with Crippen LogP contribution >= 0.6 is 0 Å². The summed E-state index contributed by atoms with van der Waals surface area (Å²) in [5, 5.41) is 4.20. The van der Waals surface area contributed by atoms with Gasteiger partial charge in [0.1, 0.15) is 0 Å². The molecule has 2 rings (SSSR count). The lowest BCUT2D eigenvalue weighted by atomic mass is 10.2. The van der Waals surface area contributed by atoms with Crippen LogP contribution in [0.2, 0.25) is 0 Å². The van der Waals surface area contributed by atoms with Crippen molar-refractivity contribution < 1.29 is 8.42 Å². The van der Waals surface area contributed by atoms with Crippen LogP contribution in [0.3, 0.4) is 0 Å². The number of rotatable bonds is 4. The van der Waals surface area contributed by atoms with Crippen LogP contribution in [0.25, 0.3) is 0 Å². The van der Waals surface area contributed by atoms with E-state index in [-0.39, 0.29) is 4.90 Å². The van der Waals surface area contributed by atoms with E-state index in [0.717, 1.165) is 5.56 Å². The van der Waals surface area contributed by atoms with Crippen LogP contribution < -0.4 is 10.5 Å². The number of nitrogens with zero attached hydrogens (tertiary/aromatic N) is 2. The standard InChI is InChI=1S/C13H18N4O2S/c1-4-12-13(8-17(3)15-12)16-20(18,19)10-6-5-9(2)11(14)7-10/h5-8,16H,4,14H2,1-3H3. The van der Waals surface area contributed by atoms with Gasteiger partial charge in [-0.3, -0.25) is 9.40 Å². The predicted octanol–water partition coefficient (Wildman–Crippen LogP) is 1.67. The van der Waals surface area contributed by atoms with Gasteiger partial charge in [0.05, 0.1) is 16.3 Å². The highest BCUT2D eigenvalue weighted by Crippen LogP contribution is 2.22. The number of hydrogen-bond donors (Lipinski definition) is 2. The van der Waals surface area contributed by atoms with Gasteiger partial charge in [-0.1, -0.05) is 13.0 Å². The summed E-state index contributed by atoms with van der Waals surface area (Å²) in [4.78, 5) is 0.145. The SMILES string of the molecule is CCc1nn(C)cc1NS(=O)(=O)c1ccc(C)c(N)c1. The summed E-state index contributed by atoms with van der Waals surface area (Å²) in [6, 6.07) is 4.68. The zero-order valence-corrected chi connectivity index (χ0v) is 12.5. The fourth-order valence-electron chi connectivity index (χ4n) is 1.87. The predicted molar refractivity (Wildman–Crippen MR) is 79.0 cm³/mol. The number of aromatic nitrogens is 2. The van der Waals surface area contributed by atoms with Crippen LogP contribution in [0, 0.1) is 6.92 Å². The molecule has 0 saturated carbocycles. The molecule has 6 nitrogen and oxygen atoms in total. The Kier molecular flexibility index (Phi) is 3.71. The first kappa shape index (κ1) is 14.4. The lowest BCUT2D eigenvalue weighted by Crippen LogP contribution is -2.14. The van der Waals surface area contributed by atoms with Gasteiger partial charge in [0.25, 0.3) is 10.0 Å². The highest BCUT2D eigenvalue weighted by atomic mass is 32.2. The van der Waals surface area contributed by atoms with Crippen LogP contribution in [-0.4, -0.2) is 18.2 Å². The first-order valence-electron chi connectivity index (χ1n) is 6.25. The minimum atomic E-state index is -3.66. The van der Waals surface area contributed by atoms with E-state index in [9.17, 15) is 8.42 Å². The highest BCUT2D eigenvalue weighted by Gasteiger charge is 2.18. The van der Waals surface area contributed by atoms with Gasteiger partial charge in [0.2, 0.25) is 0 Å². The Morgan fingerprint density at radius 1 is 1.40 bits per heavy atom. The minimum Gasteiger partial charge on any atom is -0.398 e. The molecule has 1 heterocycles. The summed E-state index contributed by atoms with van der Waals surface area (Å²) < 4.78 is 28.8. The Hall–Kier alpha value is -2.02. The monoisotopic (exact) mass is 294 g/mol. The summed E-state index contributed by atoms with van der Waals surface area (Å²) in [6.45, 7) is 3.75. The smallest absolute Gasteiger partial charge is 0.262 e. The minimum absolute atomic E-state index is 0.145. The molecule has 0 saturated heterocycles. The van der Waals surface area contributed by atoms with Crippen LogP contribution in [0.1, 0.15) is 18.2 Å². The van der Waals surface area contributed by atoms with Crippen LogP contribution in [0.4, 0.5) is 11.4 Å². The second-order valence-corrected chi connectivity index (χ2v) is 6.32. The van der Waals surface area contributed by atoms with E-state index in [4.69, 9.17) is 5.73 Å². The first-order valence-corrected chi connectivity index (χ1v) is 7.73. The van der Waals surface area contributed by atoms with Gasteiger partial charge in [-0.05, 0) is 31.0 Å². The molecule has 0 atom stereocenters. The molecule has 1 aromatic heterocycles. The molecule has 0 aliphatic rings. The maximum Gasteiger partial charge on any atom is 0.262 e. The molecule has 0 aliphatic carbocycles. The van der Waals surface area contributed by atoms with E-state index in [1.807, 2.05) is 13.8 Å². The summed E-state index contributed by atoms with van der Waals surface area (Å²) in [5.74, 6) is 0. The van der Waals surface area contributed by atoms with E-state index in [1.165, 1.54) is 12.1 Å². The molecule has 0 spiro atoms. The average molecular weight is 294 g/mol. The van der Waals surface area contributed by atoms with Crippen molar-refractivity contribution in [2.24, 2.45) is 7.05 Å². The van der Waals surface area contributed by atoms with E-state index >= 15 is 0 Å². The van der Waals surface area contributed by atoms with Crippen molar-refractivity contribution in [3.8, 4) is 0 Å². The maximum absolute atomic E-state index is 12.3. The third kappa shape index (κ3) is 2.77. The molecule has 3 N–H and O–H groups in total. The van der Waals surface area contributed by atoms with E-state index in [0.29, 0.717) is 23.5 Å². The second-order valence-electron chi connectivity index (χ2n) is 4.64. The Labute approximate surface area is 118 Å². The summed E-state index contributed by atoms with van der Waals surface area (Å²) in [7, 11) is -1.90. The van der Waals surface area contributed by atoms with Crippen molar-refractivity contribution in [3.05, 3.63) is 35.7 Å². The number of benzene rings is 1. The van der Waals surface area contributed by atoms with Gasteiger partial charge in [0.15, 0.2) is 0 Å². The number of nitrogens with one attached hydrogen (secondary N) is 1. The molecule has 0 aliphatic heterocycles. The van der Waals surface area contributed by atoms with Gasteiger partial charge in [0, 0.05) is 18.9 Å². The topological polar surface area (TPSA) is 90.0 Å². The van der Waals surface area contributed by atoms with Gasteiger partial charge in [-0.2, -0.15) is 5.10 Å². The third-order valence-electron chi connectivity index (χ3n) is 3.05.